The minimum atomic E-state index is -0.356. The Morgan fingerprint density at radius 1 is 1.44 bits per heavy atom. The van der Waals surface area contributed by atoms with Crippen LogP contribution in [0.25, 0.3) is 11.1 Å². The number of aromatic nitrogens is 1. The molecule has 1 heterocycles. The molecule has 2 aromatic rings. The van der Waals surface area contributed by atoms with Crippen LogP contribution in [-0.2, 0) is 7.05 Å². The molecule has 2 rings (SSSR count). The molecule has 0 amide bonds. The molecular weight excluding hydrogens is 230 g/mol. The minimum Gasteiger partial charge on any atom is -0.408 e. The number of rotatable bonds is 4. The Bertz CT molecular complexity index is 600. The fraction of sp³-hybridized carbons (Fsp3) is 0.462. The topological polar surface area (TPSA) is 87.2 Å². The van der Waals surface area contributed by atoms with Gasteiger partial charge in [-0.3, -0.25) is 4.57 Å². The zero-order chi connectivity index (χ0) is 13.3. The van der Waals surface area contributed by atoms with E-state index in [9.17, 15) is 4.79 Å². The lowest BCUT2D eigenvalue weighted by atomic mass is 9.92. The van der Waals surface area contributed by atoms with Crippen molar-refractivity contribution in [2.24, 2.45) is 24.4 Å². The molecule has 0 bridgehead atoms. The molecule has 5 heteroatoms. The molecule has 0 radical (unpaired) electrons. The minimum absolute atomic E-state index is 0.0940. The third kappa shape index (κ3) is 2.19. The summed E-state index contributed by atoms with van der Waals surface area (Å²) in [5, 5.41) is 0. The zero-order valence-corrected chi connectivity index (χ0v) is 10.7. The number of oxazole rings is 1. The van der Waals surface area contributed by atoms with Crippen LogP contribution in [-0.4, -0.2) is 11.1 Å². The van der Waals surface area contributed by atoms with Crippen molar-refractivity contribution in [3.05, 3.63) is 34.3 Å². The zero-order valence-electron chi connectivity index (χ0n) is 10.7. The average molecular weight is 249 g/mol. The number of hydrogen-bond acceptors (Lipinski definition) is 4. The average Bonchev–Trinajstić information content (AvgIpc) is 2.64. The van der Waals surface area contributed by atoms with Crippen molar-refractivity contribution in [1.82, 2.24) is 4.57 Å². The highest BCUT2D eigenvalue weighted by Gasteiger charge is 2.16. The first-order valence-electron chi connectivity index (χ1n) is 6.09. The van der Waals surface area contributed by atoms with Crippen molar-refractivity contribution >= 4 is 11.1 Å². The van der Waals surface area contributed by atoms with E-state index in [-0.39, 0.29) is 11.8 Å². The Balaban J connectivity index is 2.38. The largest absolute Gasteiger partial charge is 0.419 e. The van der Waals surface area contributed by atoms with Crippen molar-refractivity contribution in [1.29, 1.82) is 0 Å². The fourth-order valence-corrected chi connectivity index (χ4v) is 2.13. The predicted molar refractivity (Wildman–Crippen MR) is 71.2 cm³/mol. The summed E-state index contributed by atoms with van der Waals surface area (Å²) in [6.45, 7) is 2.69. The molecule has 0 saturated heterocycles. The molecule has 0 aliphatic carbocycles. The Hall–Kier alpha value is -1.59. The fourth-order valence-electron chi connectivity index (χ4n) is 2.13. The third-order valence-electron chi connectivity index (χ3n) is 3.44. The Morgan fingerprint density at radius 3 is 2.83 bits per heavy atom. The highest BCUT2D eigenvalue weighted by atomic mass is 16.4. The summed E-state index contributed by atoms with van der Waals surface area (Å²) >= 11 is 0. The maximum absolute atomic E-state index is 11.4. The summed E-state index contributed by atoms with van der Waals surface area (Å²) in [5.41, 5.74) is 14.0. The van der Waals surface area contributed by atoms with E-state index in [0.717, 1.165) is 17.5 Å². The molecular formula is C13H19N3O2. The van der Waals surface area contributed by atoms with Gasteiger partial charge in [-0.1, -0.05) is 13.0 Å². The summed E-state index contributed by atoms with van der Waals surface area (Å²) < 4.78 is 6.64. The van der Waals surface area contributed by atoms with E-state index in [0.29, 0.717) is 18.0 Å². The number of hydrogen-bond donors (Lipinski definition) is 2. The molecule has 0 spiro atoms. The van der Waals surface area contributed by atoms with Crippen molar-refractivity contribution < 1.29 is 4.42 Å². The summed E-state index contributed by atoms with van der Waals surface area (Å²) in [7, 11) is 1.69. The van der Waals surface area contributed by atoms with Gasteiger partial charge in [0.05, 0.1) is 5.52 Å². The Labute approximate surface area is 105 Å². The highest BCUT2D eigenvalue weighted by molar-refractivity contribution is 5.73. The lowest BCUT2D eigenvalue weighted by molar-refractivity contribution is 0.444. The van der Waals surface area contributed by atoms with Gasteiger partial charge in [0.2, 0.25) is 0 Å². The smallest absolute Gasteiger partial charge is 0.408 e. The van der Waals surface area contributed by atoms with Gasteiger partial charge in [-0.2, -0.15) is 0 Å². The molecule has 1 aromatic carbocycles. The standard InChI is InChI=1S/C13H19N3O2/c1-8(5-6-14)12(15)9-3-4-10-11(7-9)18-13(17)16(10)2/h3-4,7-8,12H,5-6,14-15H2,1-2H3. The molecule has 5 nitrogen and oxygen atoms in total. The van der Waals surface area contributed by atoms with E-state index in [4.69, 9.17) is 15.9 Å². The summed E-state index contributed by atoms with van der Waals surface area (Å²) in [4.78, 5) is 11.4. The van der Waals surface area contributed by atoms with Crippen molar-refractivity contribution in [2.45, 2.75) is 19.4 Å². The lowest BCUT2D eigenvalue weighted by Gasteiger charge is -2.19. The van der Waals surface area contributed by atoms with Gasteiger partial charge in [0, 0.05) is 13.1 Å². The van der Waals surface area contributed by atoms with Crippen LogP contribution in [0.15, 0.2) is 27.4 Å². The van der Waals surface area contributed by atoms with Crippen LogP contribution in [0.3, 0.4) is 0 Å². The summed E-state index contributed by atoms with van der Waals surface area (Å²) in [6, 6.07) is 5.55. The molecule has 0 aliphatic heterocycles. The Morgan fingerprint density at radius 2 is 2.17 bits per heavy atom. The number of fused-ring (bicyclic) bond motifs is 1. The quantitative estimate of drug-likeness (QED) is 0.850. The van der Waals surface area contributed by atoms with Crippen LogP contribution in [0.4, 0.5) is 0 Å². The predicted octanol–water partition coefficient (Wildman–Crippen LogP) is 1.12. The van der Waals surface area contributed by atoms with Crippen LogP contribution in [0.5, 0.6) is 0 Å². The number of benzene rings is 1. The first-order chi connectivity index (χ1) is 8.54. The molecule has 0 fully saturated rings. The van der Waals surface area contributed by atoms with Crippen LogP contribution >= 0.6 is 0 Å². The van der Waals surface area contributed by atoms with E-state index in [1.54, 1.807) is 7.05 Å². The maximum Gasteiger partial charge on any atom is 0.419 e. The first kappa shape index (κ1) is 12.9. The molecule has 1 aromatic heterocycles. The number of aryl methyl sites for hydroxylation is 1. The van der Waals surface area contributed by atoms with Crippen LogP contribution in [0.1, 0.15) is 24.9 Å². The molecule has 18 heavy (non-hydrogen) atoms. The van der Waals surface area contributed by atoms with Gasteiger partial charge in [0.15, 0.2) is 5.58 Å². The van der Waals surface area contributed by atoms with Crippen LogP contribution in [0.2, 0.25) is 0 Å². The Kier molecular flexibility index (Phi) is 3.54. The van der Waals surface area contributed by atoms with Gasteiger partial charge in [-0.15, -0.1) is 0 Å². The van der Waals surface area contributed by atoms with Crippen molar-refractivity contribution in [3.8, 4) is 0 Å². The van der Waals surface area contributed by atoms with E-state index < -0.39 is 0 Å². The van der Waals surface area contributed by atoms with E-state index in [2.05, 4.69) is 6.92 Å². The molecule has 2 atom stereocenters. The van der Waals surface area contributed by atoms with E-state index >= 15 is 0 Å². The monoisotopic (exact) mass is 249 g/mol. The van der Waals surface area contributed by atoms with Crippen LogP contribution in [0, 0.1) is 5.92 Å². The van der Waals surface area contributed by atoms with Gasteiger partial charge in [-0.05, 0) is 36.6 Å². The summed E-state index contributed by atoms with van der Waals surface area (Å²) in [5.74, 6) is -0.0615. The second-order valence-electron chi connectivity index (χ2n) is 4.73. The van der Waals surface area contributed by atoms with Gasteiger partial charge in [0.25, 0.3) is 0 Å². The first-order valence-corrected chi connectivity index (χ1v) is 6.09. The van der Waals surface area contributed by atoms with Gasteiger partial charge >= 0.3 is 5.76 Å². The maximum atomic E-state index is 11.4. The number of nitrogens with two attached hydrogens (primary N) is 2. The van der Waals surface area contributed by atoms with Gasteiger partial charge in [-0.25, -0.2) is 4.79 Å². The SMILES string of the molecule is CC(CCN)C(N)c1ccc2c(c1)oc(=O)n2C. The van der Waals surface area contributed by atoms with Gasteiger partial charge in [0.1, 0.15) is 0 Å². The second-order valence-corrected chi connectivity index (χ2v) is 4.73. The third-order valence-corrected chi connectivity index (χ3v) is 3.44. The summed E-state index contributed by atoms with van der Waals surface area (Å²) in [6.07, 6.45) is 0.873. The van der Waals surface area contributed by atoms with Crippen molar-refractivity contribution in [2.75, 3.05) is 6.54 Å². The molecule has 2 unspecified atom stereocenters. The molecule has 0 saturated carbocycles. The second kappa shape index (κ2) is 4.96. The molecule has 98 valence electrons. The van der Waals surface area contributed by atoms with E-state index in [1.165, 1.54) is 4.57 Å². The normalized spacial score (nSPS) is 14.9. The molecule has 4 N–H and O–H groups in total. The van der Waals surface area contributed by atoms with Crippen LogP contribution < -0.4 is 17.2 Å². The van der Waals surface area contributed by atoms with Gasteiger partial charge < -0.3 is 15.9 Å². The van der Waals surface area contributed by atoms with E-state index in [1.807, 2.05) is 18.2 Å². The number of nitrogens with zero attached hydrogens (tertiary/aromatic N) is 1. The lowest BCUT2D eigenvalue weighted by Crippen LogP contribution is -2.21. The van der Waals surface area contributed by atoms with Crippen molar-refractivity contribution in [3.63, 3.8) is 0 Å². The molecule has 0 aliphatic rings. The highest BCUT2D eigenvalue weighted by Crippen LogP contribution is 2.24.